The van der Waals surface area contributed by atoms with Crippen LogP contribution in [0.5, 0.6) is 0 Å². The molecule has 0 radical (unpaired) electrons. The third kappa shape index (κ3) is 4.01. The van der Waals surface area contributed by atoms with E-state index in [9.17, 15) is 9.59 Å². The number of hydrogen-bond donors (Lipinski definition) is 2. The Bertz CT molecular complexity index is 1030. The second-order valence-corrected chi connectivity index (χ2v) is 6.61. The van der Waals surface area contributed by atoms with E-state index in [1.54, 1.807) is 42.9 Å². The van der Waals surface area contributed by atoms with Crippen LogP contribution >= 0.6 is 0 Å². The van der Waals surface area contributed by atoms with E-state index in [-0.39, 0.29) is 11.5 Å². The Morgan fingerprint density at radius 1 is 1.07 bits per heavy atom. The third-order valence-electron chi connectivity index (χ3n) is 4.35. The van der Waals surface area contributed by atoms with Gasteiger partial charge in [0.25, 0.3) is 5.91 Å². The lowest BCUT2D eigenvalue weighted by Gasteiger charge is -2.12. The highest BCUT2D eigenvalue weighted by Gasteiger charge is 2.27. The van der Waals surface area contributed by atoms with E-state index in [4.69, 9.17) is 0 Å². The molecule has 0 bridgehead atoms. The summed E-state index contributed by atoms with van der Waals surface area (Å²) in [6, 6.07) is 6.78. The molecule has 0 saturated heterocycles. The smallest absolute Gasteiger partial charge is 0.278 e. The van der Waals surface area contributed by atoms with E-state index >= 15 is 0 Å². The molecule has 8 nitrogen and oxygen atoms in total. The van der Waals surface area contributed by atoms with Gasteiger partial charge in [-0.15, -0.1) is 0 Å². The van der Waals surface area contributed by atoms with Crippen molar-refractivity contribution in [1.82, 2.24) is 19.9 Å². The Morgan fingerprint density at radius 2 is 1.86 bits per heavy atom. The fraction of sp³-hybridized carbons (Fsp3) is 0.200. The zero-order valence-corrected chi connectivity index (χ0v) is 15.2. The molecule has 28 heavy (non-hydrogen) atoms. The summed E-state index contributed by atoms with van der Waals surface area (Å²) >= 11 is 0. The van der Waals surface area contributed by atoms with Crippen molar-refractivity contribution < 1.29 is 9.59 Å². The summed E-state index contributed by atoms with van der Waals surface area (Å²) in [5, 5.41) is 5.84. The number of rotatable bonds is 6. The number of nitrogens with zero attached hydrogens (tertiary/aromatic N) is 4. The van der Waals surface area contributed by atoms with E-state index in [0.717, 1.165) is 18.5 Å². The largest absolute Gasteiger partial charge is 0.336 e. The van der Waals surface area contributed by atoms with Gasteiger partial charge in [0.15, 0.2) is 17.3 Å². The molecule has 1 amide bonds. The molecule has 2 heterocycles. The third-order valence-corrected chi connectivity index (χ3v) is 4.35. The van der Waals surface area contributed by atoms with Crippen molar-refractivity contribution in [2.75, 3.05) is 10.6 Å². The Labute approximate surface area is 161 Å². The van der Waals surface area contributed by atoms with E-state index in [2.05, 4.69) is 30.6 Å². The van der Waals surface area contributed by atoms with E-state index in [1.165, 1.54) is 13.3 Å². The van der Waals surface area contributed by atoms with Gasteiger partial charge in [0.1, 0.15) is 6.33 Å². The Kier molecular flexibility index (Phi) is 4.76. The number of ketones is 1. The zero-order valence-electron chi connectivity index (χ0n) is 15.2. The molecular weight excluding hydrogens is 356 g/mol. The summed E-state index contributed by atoms with van der Waals surface area (Å²) in [5.41, 5.74) is 2.63. The van der Waals surface area contributed by atoms with Gasteiger partial charge >= 0.3 is 0 Å². The van der Waals surface area contributed by atoms with Gasteiger partial charge < -0.3 is 10.6 Å². The lowest BCUT2D eigenvalue weighted by molar-refractivity contribution is 0.100. The first-order chi connectivity index (χ1) is 13.6. The van der Waals surface area contributed by atoms with Crippen LogP contribution in [0.1, 0.15) is 52.2 Å². The second kappa shape index (κ2) is 7.51. The molecule has 2 N–H and O–H groups in total. The molecule has 4 rings (SSSR count). The van der Waals surface area contributed by atoms with E-state index in [0.29, 0.717) is 28.7 Å². The number of anilines is 3. The molecule has 2 aromatic heterocycles. The number of amides is 1. The summed E-state index contributed by atoms with van der Waals surface area (Å²) in [6.07, 6.45) is 8.38. The molecular formula is C20H18N6O2. The molecule has 3 aromatic rings. The standard InChI is InChI=1S/C20H18N6O2/c1-12(27)14-3-2-4-15(7-14)25-20(28)18-19(24-16-8-21-11-22-9-16)23-10-17(26-18)13-5-6-13/h2-4,7-11,13H,5-6H2,1H3,(H,23,24)(H,25,28). The number of Topliss-reactive ketones (excluding diaryl/α,β-unsaturated/α-hetero) is 1. The minimum absolute atomic E-state index is 0.0712. The first-order valence-electron chi connectivity index (χ1n) is 8.91. The fourth-order valence-electron chi connectivity index (χ4n) is 2.73. The molecule has 1 aliphatic rings. The molecule has 1 fully saturated rings. The number of carbonyl (C=O) groups is 2. The van der Waals surface area contributed by atoms with Gasteiger partial charge in [-0.05, 0) is 31.9 Å². The number of hydrogen-bond acceptors (Lipinski definition) is 7. The van der Waals surface area contributed by atoms with Gasteiger partial charge in [-0.3, -0.25) is 9.59 Å². The lowest BCUT2D eigenvalue weighted by atomic mass is 10.1. The Hall–Kier alpha value is -3.68. The van der Waals surface area contributed by atoms with Gasteiger partial charge in [0.2, 0.25) is 0 Å². The molecule has 0 atom stereocenters. The SMILES string of the molecule is CC(=O)c1cccc(NC(=O)c2nc(C3CC3)cnc2Nc2cncnc2)c1. The van der Waals surface area contributed by atoms with Crippen molar-refractivity contribution in [2.45, 2.75) is 25.7 Å². The molecule has 0 spiro atoms. The summed E-state index contributed by atoms with van der Waals surface area (Å²) < 4.78 is 0. The van der Waals surface area contributed by atoms with Crippen LogP contribution in [-0.2, 0) is 0 Å². The van der Waals surface area contributed by atoms with Crippen LogP contribution in [0.25, 0.3) is 0 Å². The van der Waals surface area contributed by atoms with Crippen molar-refractivity contribution >= 4 is 28.9 Å². The zero-order chi connectivity index (χ0) is 19.5. The summed E-state index contributed by atoms with van der Waals surface area (Å²) in [7, 11) is 0. The summed E-state index contributed by atoms with van der Waals surface area (Å²) in [4.78, 5) is 41.4. The number of carbonyl (C=O) groups excluding carboxylic acids is 2. The molecule has 0 aliphatic heterocycles. The maximum Gasteiger partial charge on any atom is 0.278 e. The quantitative estimate of drug-likeness (QED) is 0.637. The second-order valence-electron chi connectivity index (χ2n) is 6.61. The van der Waals surface area contributed by atoms with Crippen molar-refractivity contribution in [3.05, 3.63) is 66.1 Å². The summed E-state index contributed by atoms with van der Waals surface area (Å²) in [5.74, 6) is 0.196. The van der Waals surface area contributed by atoms with Crippen molar-refractivity contribution in [1.29, 1.82) is 0 Å². The normalized spacial score (nSPS) is 13.0. The fourth-order valence-corrected chi connectivity index (χ4v) is 2.73. The van der Waals surface area contributed by atoms with Gasteiger partial charge in [-0.2, -0.15) is 0 Å². The van der Waals surface area contributed by atoms with Crippen LogP contribution < -0.4 is 10.6 Å². The van der Waals surface area contributed by atoms with Crippen LogP contribution in [0.3, 0.4) is 0 Å². The van der Waals surface area contributed by atoms with Gasteiger partial charge in [-0.25, -0.2) is 19.9 Å². The average molecular weight is 374 g/mol. The maximum absolute atomic E-state index is 12.9. The predicted molar refractivity (Wildman–Crippen MR) is 104 cm³/mol. The molecule has 140 valence electrons. The highest BCUT2D eigenvalue weighted by molar-refractivity contribution is 6.07. The minimum Gasteiger partial charge on any atom is -0.336 e. The minimum atomic E-state index is -0.407. The van der Waals surface area contributed by atoms with E-state index < -0.39 is 5.91 Å². The van der Waals surface area contributed by atoms with Crippen LogP contribution in [-0.4, -0.2) is 31.6 Å². The first kappa shape index (κ1) is 17.7. The molecule has 1 saturated carbocycles. The maximum atomic E-state index is 12.9. The monoisotopic (exact) mass is 374 g/mol. The topological polar surface area (TPSA) is 110 Å². The van der Waals surface area contributed by atoms with Crippen molar-refractivity contribution in [2.24, 2.45) is 0 Å². The molecule has 8 heteroatoms. The number of nitrogens with one attached hydrogen (secondary N) is 2. The van der Waals surface area contributed by atoms with Gasteiger partial charge in [0.05, 0.1) is 30.0 Å². The number of aromatic nitrogens is 4. The molecule has 1 aromatic carbocycles. The Morgan fingerprint density at radius 3 is 2.57 bits per heavy atom. The van der Waals surface area contributed by atoms with Crippen LogP contribution in [0.4, 0.5) is 17.2 Å². The van der Waals surface area contributed by atoms with Crippen molar-refractivity contribution in [3.63, 3.8) is 0 Å². The van der Waals surface area contributed by atoms with Gasteiger partial charge in [0, 0.05) is 17.2 Å². The van der Waals surface area contributed by atoms with Crippen LogP contribution in [0, 0.1) is 0 Å². The van der Waals surface area contributed by atoms with Crippen molar-refractivity contribution in [3.8, 4) is 0 Å². The highest BCUT2D eigenvalue weighted by Crippen LogP contribution is 2.39. The number of benzene rings is 1. The van der Waals surface area contributed by atoms with E-state index in [1.807, 2.05) is 0 Å². The lowest BCUT2D eigenvalue weighted by Crippen LogP contribution is -2.18. The average Bonchev–Trinajstić information content (AvgIpc) is 3.54. The first-order valence-corrected chi connectivity index (χ1v) is 8.91. The molecule has 0 unspecified atom stereocenters. The van der Waals surface area contributed by atoms with Crippen LogP contribution in [0.2, 0.25) is 0 Å². The highest BCUT2D eigenvalue weighted by atomic mass is 16.2. The Balaban J connectivity index is 1.64. The summed E-state index contributed by atoms with van der Waals surface area (Å²) in [6.45, 7) is 1.48. The molecule has 1 aliphatic carbocycles. The van der Waals surface area contributed by atoms with Crippen LogP contribution in [0.15, 0.2) is 49.2 Å². The van der Waals surface area contributed by atoms with Gasteiger partial charge in [-0.1, -0.05) is 12.1 Å². The predicted octanol–water partition coefficient (Wildman–Crippen LogP) is 3.34.